The first kappa shape index (κ1) is 23.6. The topological polar surface area (TPSA) is 118 Å². The third-order valence-corrected chi connectivity index (χ3v) is 6.66. The molecular weight excluding hydrogens is 478 g/mol. The van der Waals surface area contributed by atoms with E-state index in [1.807, 2.05) is 60.8 Å². The minimum absolute atomic E-state index is 0.0237. The van der Waals surface area contributed by atoms with Crippen LogP contribution in [0.5, 0.6) is 5.75 Å². The quantitative estimate of drug-likeness (QED) is 0.263. The molecule has 0 unspecified atom stereocenters. The molecule has 6 rings (SSSR count). The average Bonchev–Trinajstić information content (AvgIpc) is 3.68. The molecule has 1 amide bonds. The number of aromatic nitrogens is 5. The van der Waals surface area contributed by atoms with Crippen LogP contribution in [0.3, 0.4) is 0 Å². The van der Waals surface area contributed by atoms with E-state index in [9.17, 15) is 4.79 Å². The number of rotatable bonds is 8. The van der Waals surface area contributed by atoms with E-state index in [0.29, 0.717) is 17.4 Å². The molecule has 5 aromatic rings. The van der Waals surface area contributed by atoms with Crippen LogP contribution >= 0.6 is 0 Å². The molecule has 9 heteroatoms. The van der Waals surface area contributed by atoms with Crippen LogP contribution in [0, 0.1) is 0 Å². The van der Waals surface area contributed by atoms with E-state index in [1.54, 1.807) is 18.6 Å². The molecule has 190 valence electrons. The Hall–Kier alpha value is -4.79. The Bertz CT molecular complexity index is 1550. The van der Waals surface area contributed by atoms with Gasteiger partial charge in [0.1, 0.15) is 11.6 Å². The molecule has 1 fully saturated rings. The lowest BCUT2D eigenvalue weighted by atomic mass is 10.1. The lowest BCUT2D eigenvalue weighted by molar-refractivity contribution is -0.123. The van der Waals surface area contributed by atoms with Gasteiger partial charge in [0.15, 0.2) is 12.4 Å². The molecule has 0 radical (unpaired) electrons. The van der Waals surface area contributed by atoms with Gasteiger partial charge in [0.05, 0.1) is 17.9 Å². The van der Waals surface area contributed by atoms with Crippen molar-refractivity contribution in [2.24, 2.45) is 0 Å². The molecule has 0 spiro atoms. The van der Waals surface area contributed by atoms with Gasteiger partial charge in [0.2, 0.25) is 0 Å². The molecule has 0 bridgehead atoms. The number of fused-ring (bicyclic) bond motifs is 1. The number of carbonyl (C=O) groups is 1. The molecule has 2 aromatic carbocycles. The largest absolute Gasteiger partial charge is 0.484 e. The Morgan fingerprint density at radius 1 is 0.974 bits per heavy atom. The second-order valence-corrected chi connectivity index (χ2v) is 9.34. The number of benzene rings is 2. The second kappa shape index (κ2) is 10.7. The van der Waals surface area contributed by atoms with Gasteiger partial charge in [0, 0.05) is 40.6 Å². The van der Waals surface area contributed by atoms with Crippen LogP contribution in [0.25, 0.3) is 33.4 Å². The predicted octanol–water partition coefficient (Wildman–Crippen LogP) is 5.26. The summed E-state index contributed by atoms with van der Waals surface area (Å²) in [5.41, 5.74) is 4.48. The van der Waals surface area contributed by atoms with Gasteiger partial charge in [-0.2, -0.15) is 5.10 Å². The van der Waals surface area contributed by atoms with Gasteiger partial charge in [-0.3, -0.25) is 14.9 Å². The highest BCUT2D eigenvalue weighted by atomic mass is 16.5. The number of hydrogen-bond donors (Lipinski definition) is 3. The van der Waals surface area contributed by atoms with Crippen LogP contribution in [0.15, 0.2) is 79.4 Å². The number of ether oxygens (including phenoxy) is 1. The van der Waals surface area contributed by atoms with Crippen molar-refractivity contribution >= 4 is 28.3 Å². The zero-order valence-electron chi connectivity index (χ0n) is 20.7. The van der Waals surface area contributed by atoms with E-state index < -0.39 is 0 Å². The van der Waals surface area contributed by atoms with E-state index in [-0.39, 0.29) is 18.6 Å². The predicted molar refractivity (Wildman–Crippen MR) is 146 cm³/mol. The molecule has 38 heavy (non-hydrogen) atoms. The highest BCUT2D eigenvalue weighted by Crippen LogP contribution is 2.29. The first-order valence-corrected chi connectivity index (χ1v) is 12.7. The van der Waals surface area contributed by atoms with Crippen molar-refractivity contribution in [1.29, 1.82) is 0 Å². The summed E-state index contributed by atoms with van der Waals surface area (Å²) in [4.78, 5) is 26.1. The second-order valence-electron chi connectivity index (χ2n) is 9.34. The Kier molecular flexibility index (Phi) is 6.63. The molecule has 1 aliphatic carbocycles. The summed E-state index contributed by atoms with van der Waals surface area (Å²) in [6, 6.07) is 17.7. The van der Waals surface area contributed by atoms with Gasteiger partial charge in [-0.15, -0.1) is 0 Å². The van der Waals surface area contributed by atoms with Crippen LogP contribution in [0.2, 0.25) is 0 Å². The molecule has 0 atom stereocenters. The van der Waals surface area contributed by atoms with Crippen LogP contribution in [-0.4, -0.2) is 43.7 Å². The number of carbonyl (C=O) groups excluding carboxylic acids is 1. The summed E-state index contributed by atoms with van der Waals surface area (Å²) in [5, 5.41) is 14.2. The van der Waals surface area contributed by atoms with Crippen LogP contribution in [-0.2, 0) is 4.79 Å². The minimum atomic E-state index is -0.0967. The van der Waals surface area contributed by atoms with E-state index in [0.717, 1.165) is 46.1 Å². The third kappa shape index (κ3) is 5.31. The van der Waals surface area contributed by atoms with Crippen molar-refractivity contribution in [3.8, 4) is 28.3 Å². The number of anilines is 2. The van der Waals surface area contributed by atoms with E-state index in [2.05, 4.69) is 25.8 Å². The summed E-state index contributed by atoms with van der Waals surface area (Å²) < 4.78 is 5.79. The fraction of sp³-hybridized carbons (Fsp3) is 0.207. The van der Waals surface area contributed by atoms with E-state index in [1.165, 1.54) is 12.8 Å². The number of hydrogen-bond acceptors (Lipinski definition) is 7. The Morgan fingerprint density at radius 2 is 1.84 bits per heavy atom. The van der Waals surface area contributed by atoms with Gasteiger partial charge >= 0.3 is 0 Å². The van der Waals surface area contributed by atoms with E-state index in [4.69, 9.17) is 14.7 Å². The lowest BCUT2D eigenvalue weighted by Gasteiger charge is -2.13. The van der Waals surface area contributed by atoms with Crippen molar-refractivity contribution in [2.45, 2.75) is 31.7 Å². The van der Waals surface area contributed by atoms with Crippen molar-refractivity contribution in [3.63, 3.8) is 0 Å². The van der Waals surface area contributed by atoms with Crippen LogP contribution in [0.1, 0.15) is 25.7 Å². The molecular formula is C29H27N7O2. The Balaban J connectivity index is 1.23. The minimum Gasteiger partial charge on any atom is -0.484 e. The fourth-order valence-electron chi connectivity index (χ4n) is 4.71. The molecule has 0 saturated heterocycles. The SMILES string of the molecule is O=C(COc1cccc(-c2nc(Nc3ccc(-c4cn[nH]c4)cc3)c3ccncc3n2)c1)NC1CCCC1. The Morgan fingerprint density at radius 3 is 2.66 bits per heavy atom. The Labute approximate surface area is 219 Å². The number of aromatic amines is 1. The third-order valence-electron chi connectivity index (χ3n) is 6.66. The van der Waals surface area contributed by atoms with Gasteiger partial charge in [0.25, 0.3) is 5.91 Å². The first-order valence-electron chi connectivity index (χ1n) is 12.7. The summed E-state index contributed by atoms with van der Waals surface area (Å²) in [5.74, 6) is 1.69. The number of nitrogens with one attached hydrogen (secondary N) is 3. The fourth-order valence-corrected chi connectivity index (χ4v) is 4.71. The highest BCUT2D eigenvalue weighted by molar-refractivity contribution is 5.91. The van der Waals surface area contributed by atoms with Crippen molar-refractivity contribution < 1.29 is 9.53 Å². The molecule has 1 aliphatic rings. The zero-order valence-corrected chi connectivity index (χ0v) is 20.7. The summed E-state index contributed by atoms with van der Waals surface area (Å²) in [6.07, 6.45) is 11.5. The molecule has 3 heterocycles. The maximum atomic E-state index is 12.3. The number of H-pyrrole nitrogens is 1. The van der Waals surface area contributed by atoms with Crippen molar-refractivity contribution in [3.05, 3.63) is 79.4 Å². The van der Waals surface area contributed by atoms with Crippen molar-refractivity contribution in [2.75, 3.05) is 11.9 Å². The lowest BCUT2D eigenvalue weighted by Crippen LogP contribution is -2.36. The van der Waals surface area contributed by atoms with Crippen LogP contribution < -0.4 is 15.4 Å². The van der Waals surface area contributed by atoms with Gasteiger partial charge in [-0.05, 0) is 48.7 Å². The molecule has 3 N–H and O–H groups in total. The normalized spacial score (nSPS) is 13.5. The summed E-state index contributed by atoms with van der Waals surface area (Å²) in [6.45, 7) is -0.0237. The van der Waals surface area contributed by atoms with Crippen LogP contribution in [0.4, 0.5) is 11.5 Å². The number of nitrogens with zero attached hydrogens (tertiary/aromatic N) is 4. The smallest absolute Gasteiger partial charge is 0.258 e. The maximum Gasteiger partial charge on any atom is 0.258 e. The maximum absolute atomic E-state index is 12.3. The standard InChI is InChI=1S/C29H27N7O2/c37-27(33-22-5-1-2-6-22)18-38-24-7-3-4-20(14-24)28-35-26-17-30-13-12-25(26)29(36-28)34-23-10-8-19(9-11-23)21-15-31-32-16-21/h3-4,7-17,22H,1-2,5-6,18H2,(H,31,32)(H,33,37)(H,34,35,36). The zero-order chi connectivity index (χ0) is 25.7. The van der Waals surface area contributed by atoms with Crippen molar-refractivity contribution in [1.82, 2.24) is 30.5 Å². The number of pyridine rings is 1. The van der Waals surface area contributed by atoms with Gasteiger partial charge < -0.3 is 15.4 Å². The van der Waals surface area contributed by atoms with Gasteiger partial charge in [-0.25, -0.2) is 9.97 Å². The summed E-state index contributed by atoms with van der Waals surface area (Å²) in [7, 11) is 0. The molecule has 3 aromatic heterocycles. The summed E-state index contributed by atoms with van der Waals surface area (Å²) >= 11 is 0. The van der Waals surface area contributed by atoms with E-state index >= 15 is 0 Å². The number of amides is 1. The highest BCUT2D eigenvalue weighted by Gasteiger charge is 2.17. The monoisotopic (exact) mass is 505 g/mol. The molecule has 1 saturated carbocycles. The first-order chi connectivity index (χ1) is 18.7. The molecule has 9 nitrogen and oxygen atoms in total. The average molecular weight is 506 g/mol. The molecule has 0 aliphatic heterocycles. The van der Waals surface area contributed by atoms with Gasteiger partial charge in [-0.1, -0.05) is 37.1 Å².